The molecule has 0 aromatic heterocycles. The van der Waals surface area contributed by atoms with Gasteiger partial charge in [0.25, 0.3) is 11.8 Å². The molecule has 0 saturated heterocycles. The number of hydrogen-bond donors (Lipinski definition) is 1. The fraction of sp³-hybridized carbons (Fsp3) is 0.375. The van der Waals surface area contributed by atoms with Crippen LogP contribution in [0, 0.1) is 0 Å². The molecule has 0 aliphatic carbocycles. The predicted molar refractivity (Wildman–Crippen MR) is 96.1 cm³/mol. The van der Waals surface area contributed by atoms with Crippen molar-refractivity contribution in [2.45, 2.75) is 6.42 Å². The Hall–Kier alpha value is -1.05. The molecule has 1 aromatic rings. The number of carbonyl (C=O) groups excluding carboxylic acids is 2. The SMILES string of the molecule is COCCCN1C(=O)C(SCCO)=C(c2ccc(Cl)cc2Cl)C1=O. The summed E-state index contributed by atoms with van der Waals surface area (Å²) in [6.07, 6.45) is 0.549. The van der Waals surface area contributed by atoms with E-state index in [1.54, 1.807) is 19.2 Å². The molecular weight excluding hydrogens is 373 g/mol. The van der Waals surface area contributed by atoms with E-state index in [1.807, 2.05) is 0 Å². The van der Waals surface area contributed by atoms with Crippen LogP contribution < -0.4 is 0 Å². The third-order valence-electron chi connectivity index (χ3n) is 3.39. The molecule has 2 amide bonds. The lowest BCUT2D eigenvalue weighted by atomic mass is 10.1. The van der Waals surface area contributed by atoms with Crippen molar-refractivity contribution in [1.29, 1.82) is 0 Å². The maximum absolute atomic E-state index is 12.8. The fourth-order valence-electron chi connectivity index (χ4n) is 2.34. The highest BCUT2D eigenvalue weighted by molar-refractivity contribution is 8.04. The summed E-state index contributed by atoms with van der Waals surface area (Å²) in [5.74, 6) is -0.439. The summed E-state index contributed by atoms with van der Waals surface area (Å²) in [5, 5.41) is 9.80. The van der Waals surface area contributed by atoms with Crippen molar-refractivity contribution in [3.63, 3.8) is 0 Å². The highest BCUT2D eigenvalue weighted by Gasteiger charge is 2.39. The molecule has 8 heteroatoms. The maximum atomic E-state index is 12.8. The molecule has 0 fully saturated rings. The zero-order valence-corrected chi connectivity index (χ0v) is 15.4. The van der Waals surface area contributed by atoms with E-state index in [0.29, 0.717) is 39.3 Å². The smallest absolute Gasteiger partial charge is 0.267 e. The van der Waals surface area contributed by atoms with E-state index in [9.17, 15) is 9.59 Å². The average Bonchev–Trinajstić information content (AvgIpc) is 2.77. The molecule has 130 valence electrons. The molecule has 0 spiro atoms. The van der Waals surface area contributed by atoms with Gasteiger partial charge in [0, 0.05) is 36.6 Å². The first kappa shape index (κ1) is 19.3. The van der Waals surface area contributed by atoms with Crippen LogP contribution in [0.2, 0.25) is 10.0 Å². The Morgan fingerprint density at radius 3 is 2.62 bits per heavy atom. The first-order valence-electron chi connectivity index (χ1n) is 7.29. The van der Waals surface area contributed by atoms with E-state index in [2.05, 4.69) is 0 Å². The van der Waals surface area contributed by atoms with Gasteiger partial charge in [-0.15, -0.1) is 11.8 Å². The van der Waals surface area contributed by atoms with Gasteiger partial charge in [-0.2, -0.15) is 0 Å². The van der Waals surface area contributed by atoms with E-state index in [-0.39, 0.29) is 30.5 Å². The molecule has 5 nitrogen and oxygen atoms in total. The fourth-order valence-corrected chi connectivity index (χ4v) is 3.71. The van der Waals surface area contributed by atoms with Crippen molar-refractivity contribution in [1.82, 2.24) is 4.90 Å². The van der Waals surface area contributed by atoms with Crippen molar-refractivity contribution in [3.8, 4) is 0 Å². The molecule has 0 radical (unpaired) electrons. The van der Waals surface area contributed by atoms with Gasteiger partial charge in [-0.1, -0.05) is 29.3 Å². The quantitative estimate of drug-likeness (QED) is 0.546. The first-order valence-corrected chi connectivity index (χ1v) is 9.04. The molecule has 1 N–H and O–H groups in total. The van der Waals surface area contributed by atoms with Gasteiger partial charge < -0.3 is 9.84 Å². The number of ether oxygens (including phenoxy) is 1. The summed E-state index contributed by atoms with van der Waals surface area (Å²) in [6, 6.07) is 4.78. The van der Waals surface area contributed by atoms with Crippen molar-refractivity contribution in [2.75, 3.05) is 32.6 Å². The van der Waals surface area contributed by atoms with Crippen LogP contribution in [0.5, 0.6) is 0 Å². The maximum Gasteiger partial charge on any atom is 0.267 e. The molecule has 1 aliphatic heterocycles. The number of benzene rings is 1. The van der Waals surface area contributed by atoms with Crippen LogP contribution in [-0.2, 0) is 14.3 Å². The van der Waals surface area contributed by atoms with E-state index in [1.165, 1.54) is 11.0 Å². The summed E-state index contributed by atoms with van der Waals surface area (Å²) >= 11 is 13.3. The lowest BCUT2D eigenvalue weighted by Gasteiger charge is -2.14. The third-order valence-corrected chi connectivity index (χ3v) is 5.00. The molecular formula is C16H17Cl2NO4S. The monoisotopic (exact) mass is 389 g/mol. The van der Waals surface area contributed by atoms with Crippen LogP contribution in [0.3, 0.4) is 0 Å². The van der Waals surface area contributed by atoms with E-state index in [0.717, 1.165) is 11.8 Å². The zero-order chi connectivity index (χ0) is 17.7. The number of hydrogen-bond acceptors (Lipinski definition) is 5. The van der Waals surface area contributed by atoms with E-state index >= 15 is 0 Å². The molecule has 0 unspecified atom stereocenters. The summed E-state index contributed by atoms with van der Waals surface area (Å²) in [5.41, 5.74) is 0.728. The first-order chi connectivity index (χ1) is 11.5. The van der Waals surface area contributed by atoms with Gasteiger partial charge in [-0.05, 0) is 18.6 Å². The normalized spacial score (nSPS) is 14.9. The Balaban J connectivity index is 2.39. The summed E-state index contributed by atoms with van der Waals surface area (Å²) in [7, 11) is 1.56. The summed E-state index contributed by atoms with van der Waals surface area (Å²) < 4.78 is 4.97. The van der Waals surface area contributed by atoms with Gasteiger partial charge in [0.05, 0.1) is 22.1 Å². The van der Waals surface area contributed by atoms with Gasteiger partial charge in [0.1, 0.15) is 0 Å². The molecule has 24 heavy (non-hydrogen) atoms. The number of carbonyl (C=O) groups is 2. The highest BCUT2D eigenvalue weighted by Crippen LogP contribution is 2.39. The Morgan fingerprint density at radius 1 is 1.25 bits per heavy atom. The number of aliphatic hydroxyl groups is 1. The van der Waals surface area contributed by atoms with Crippen LogP contribution in [0.1, 0.15) is 12.0 Å². The van der Waals surface area contributed by atoms with Crippen LogP contribution >= 0.6 is 35.0 Å². The topological polar surface area (TPSA) is 66.8 Å². The number of halogens is 2. The highest BCUT2D eigenvalue weighted by atomic mass is 35.5. The van der Waals surface area contributed by atoms with Crippen LogP contribution in [-0.4, -0.2) is 54.4 Å². The van der Waals surface area contributed by atoms with Crippen molar-refractivity contribution in [2.24, 2.45) is 0 Å². The molecule has 1 aliphatic rings. The standard InChI is InChI=1S/C16H17Cl2NO4S/c1-23-7-2-5-19-15(21)13(14(16(19)22)24-8-6-20)11-4-3-10(17)9-12(11)18/h3-4,9,20H,2,5-8H2,1H3. The molecule has 1 heterocycles. The van der Waals surface area contributed by atoms with E-state index in [4.69, 9.17) is 33.0 Å². The lowest BCUT2D eigenvalue weighted by Crippen LogP contribution is -2.33. The van der Waals surface area contributed by atoms with E-state index < -0.39 is 0 Å². The van der Waals surface area contributed by atoms with Gasteiger partial charge in [0.15, 0.2) is 0 Å². The number of imide groups is 1. The molecule has 1 aromatic carbocycles. The number of aliphatic hydroxyl groups excluding tert-OH is 1. The van der Waals surface area contributed by atoms with Gasteiger partial charge in [-0.3, -0.25) is 14.5 Å². The Labute approximate surface area is 154 Å². The zero-order valence-electron chi connectivity index (χ0n) is 13.1. The second kappa shape index (κ2) is 8.87. The Kier molecular flexibility index (Phi) is 7.13. The second-order valence-corrected chi connectivity index (χ2v) is 6.96. The molecule has 0 saturated carbocycles. The molecule has 0 bridgehead atoms. The van der Waals surface area contributed by atoms with Crippen LogP contribution in [0.25, 0.3) is 5.57 Å². The van der Waals surface area contributed by atoms with Crippen LogP contribution in [0.4, 0.5) is 0 Å². The minimum atomic E-state index is -0.388. The minimum absolute atomic E-state index is 0.0963. The number of thioether (sulfide) groups is 1. The average molecular weight is 390 g/mol. The second-order valence-electron chi connectivity index (χ2n) is 5.01. The number of methoxy groups -OCH3 is 1. The summed E-state index contributed by atoms with van der Waals surface area (Å²) in [6.45, 7) is 0.623. The van der Waals surface area contributed by atoms with Crippen molar-refractivity contribution < 1.29 is 19.4 Å². The summed E-state index contributed by atoms with van der Waals surface area (Å²) in [4.78, 5) is 26.9. The Bertz CT molecular complexity index is 678. The lowest BCUT2D eigenvalue weighted by molar-refractivity contribution is -0.136. The molecule has 0 atom stereocenters. The number of amides is 2. The van der Waals surface area contributed by atoms with Gasteiger partial charge >= 0.3 is 0 Å². The molecule has 2 rings (SSSR count). The largest absolute Gasteiger partial charge is 0.396 e. The third kappa shape index (κ3) is 4.13. The Morgan fingerprint density at radius 2 is 2.00 bits per heavy atom. The van der Waals surface area contributed by atoms with Gasteiger partial charge in [0.2, 0.25) is 0 Å². The van der Waals surface area contributed by atoms with Crippen LogP contribution in [0.15, 0.2) is 23.1 Å². The minimum Gasteiger partial charge on any atom is -0.396 e. The van der Waals surface area contributed by atoms with Gasteiger partial charge in [-0.25, -0.2) is 0 Å². The predicted octanol–water partition coefficient (Wildman–Crippen LogP) is 2.84. The number of rotatable bonds is 8. The van der Waals surface area contributed by atoms with Crippen molar-refractivity contribution in [3.05, 3.63) is 38.7 Å². The van der Waals surface area contributed by atoms with Crippen molar-refractivity contribution >= 4 is 52.4 Å². The number of nitrogens with zero attached hydrogens (tertiary/aromatic N) is 1.